The van der Waals surface area contributed by atoms with Crippen LogP contribution < -0.4 is 5.32 Å². The van der Waals surface area contributed by atoms with E-state index in [1.165, 1.54) is 31.2 Å². The SMILES string of the molecule is Cc1nc(NC(=O)C(CC2CCCC2)c2ccc(S(=O)(=O)C(F)(F)F)cc2)ccc1C(=O)O. The molecular formula is C22H23F3N2O5S. The van der Waals surface area contributed by atoms with E-state index in [4.69, 9.17) is 5.11 Å². The summed E-state index contributed by atoms with van der Waals surface area (Å²) in [6, 6.07) is 6.85. The summed E-state index contributed by atoms with van der Waals surface area (Å²) in [6.07, 6.45) is 4.35. The van der Waals surface area contributed by atoms with Gasteiger partial charge in [-0.1, -0.05) is 37.8 Å². The van der Waals surface area contributed by atoms with Crippen molar-refractivity contribution in [2.75, 3.05) is 5.32 Å². The molecule has 1 atom stereocenters. The van der Waals surface area contributed by atoms with Crippen molar-refractivity contribution >= 4 is 27.5 Å². The van der Waals surface area contributed by atoms with E-state index in [1.54, 1.807) is 0 Å². The summed E-state index contributed by atoms with van der Waals surface area (Å²) in [7, 11) is -5.48. The Morgan fingerprint density at radius 2 is 1.73 bits per heavy atom. The topological polar surface area (TPSA) is 113 Å². The summed E-state index contributed by atoms with van der Waals surface area (Å²) >= 11 is 0. The summed E-state index contributed by atoms with van der Waals surface area (Å²) in [5.41, 5.74) is -4.81. The average molecular weight is 484 g/mol. The number of carbonyl (C=O) groups is 2. The molecule has 2 aromatic rings. The zero-order chi connectivity index (χ0) is 24.4. The minimum Gasteiger partial charge on any atom is -0.478 e. The molecule has 1 aliphatic rings. The first-order valence-electron chi connectivity index (χ1n) is 10.3. The van der Waals surface area contributed by atoms with Crippen LogP contribution >= 0.6 is 0 Å². The molecule has 33 heavy (non-hydrogen) atoms. The molecule has 0 saturated heterocycles. The van der Waals surface area contributed by atoms with E-state index < -0.39 is 38.0 Å². The van der Waals surface area contributed by atoms with Gasteiger partial charge in [-0.25, -0.2) is 18.2 Å². The van der Waals surface area contributed by atoms with Crippen molar-refractivity contribution in [3.63, 3.8) is 0 Å². The molecule has 1 unspecified atom stereocenters. The number of aromatic nitrogens is 1. The number of carbonyl (C=O) groups excluding carboxylic acids is 1. The van der Waals surface area contributed by atoms with Gasteiger partial charge in [-0.3, -0.25) is 4.79 Å². The first-order valence-corrected chi connectivity index (χ1v) is 11.8. The molecule has 1 aromatic heterocycles. The second kappa shape index (κ2) is 9.50. The fourth-order valence-corrected chi connectivity index (χ4v) is 4.82. The number of sulfone groups is 1. The number of amides is 1. The number of hydrogen-bond acceptors (Lipinski definition) is 5. The van der Waals surface area contributed by atoms with Crippen LogP contribution in [0.15, 0.2) is 41.3 Å². The third-order valence-electron chi connectivity index (χ3n) is 5.83. The Labute approximate surface area is 189 Å². The number of pyridine rings is 1. The normalized spacial score (nSPS) is 15.9. The van der Waals surface area contributed by atoms with Crippen molar-refractivity contribution in [2.24, 2.45) is 5.92 Å². The molecule has 1 aliphatic carbocycles. The molecule has 3 rings (SSSR count). The molecule has 1 heterocycles. The number of carboxylic acids is 1. The predicted molar refractivity (Wildman–Crippen MR) is 114 cm³/mol. The first-order chi connectivity index (χ1) is 15.4. The first kappa shape index (κ1) is 24.7. The standard InChI is InChI=1S/C22H23F3N2O5S/c1-13-17(21(29)30)10-11-19(26-13)27-20(28)18(12-14-4-2-3-5-14)15-6-8-16(9-7-15)33(31,32)22(23,24)25/h6-11,14,18H,2-5,12H2,1H3,(H,29,30)(H,26,27,28). The van der Waals surface area contributed by atoms with Crippen LogP contribution in [0.2, 0.25) is 0 Å². The average Bonchev–Trinajstić information content (AvgIpc) is 3.24. The molecule has 1 saturated carbocycles. The van der Waals surface area contributed by atoms with Gasteiger partial charge in [-0.05, 0) is 49.1 Å². The molecule has 2 N–H and O–H groups in total. The molecule has 0 radical (unpaired) electrons. The number of nitrogens with one attached hydrogen (secondary N) is 1. The fraction of sp³-hybridized carbons (Fsp3) is 0.409. The van der Waals surface area contributed by atoms with Gasteiger partial charge in [-0.2, -0.15) is 13.2 Å². The van der Waals surface area contributed by atoms with Crippen molar-refractivity contribution in [2.45, 2.75) is 55.3 Å². The zero-order valence-electron chi connectivity index (χ0n) is 17.7. The van der Waals surface area contributed by atoms with Crippen LogP contribution in [-0.2, 0) is 14.6 Å². The van der Waals surface area contributed by atoms with Gasteiger partial charge < -0.3 is 10.4 Å². The van der Waals surface area contributed by atoms with E-state index in [1.807, 2.05) is 0 Å². The van der Waals surface area contributed by atoms with Crippen molar-refractivity contribution in [3.05, 3.63) is 53.2 Å². The quantitative estimate of drug-likeness (QED) is 0.590. The highest BCUT2D eigenvalue weighted by Crippen LogP contribution is 2.36. The van der Waals surface area contributed by atoms with E-state index in [2.05, 4.69) is 10.3 Å². The minimum atomic E-state index is -5.48. The van der Waals surface area contributed by atoms with Crippen molar-refractivity contribution < 1.29 is 36.3 Å². The van der Waals surface area contributed by atoms with Crippen LogP contribution in [0.3, 0.4) is 0 Å². The molecule has 1 aromatic carbocycles. The van der Waals surface area contributed by atoms with Gasteiger partial charge in [0.05, 0.1) is 22.1 Å². The van der Waals surface area contributed by atoms with Crippen LogP contribution in [0, 0.1) is 12.8 Å². The van der Waals surface area contributed by atoms with Gasteiger partial charge >= 0.3 is 11.5 Å². The summed E-state index contributed by atoms with van der Waals surface area (Å²) in [4.78, 5) is 27.5. The summed E-state index contributed by atoms with van der Waals surface area (Å²) in [5.74, 6) is -1.94. The van der Waals surface area contributed by atoms with Crippen LogP contribution in [-0.4, -0.2) is 35.9 Å². The van der Waals surface area contributed by atoms with Crippen molar-refractivity contribution in [1.29, 1.82) is 0 Å². The number of benzene rings is 1. The lowest BCUT2D eigenvalue weighted by Crippen LogP contribution is -2.25. The lowest BCUT2D eigenvalue weighted by Gasteiger charge is -2.21. The van der Waals surface area contributed by atoms with Crippen LogP contribution in [0.1, 0.15) is 59.6 Å². The Hall–Kier alpha value is -2.95. The number of anilines is 1. The number of aromatic carboxylic acids is 1. The number of hydrogen-bond donors (Lipinski definition) is 2. The highest BCUT2D eigenvalue weighted by atomic mass is 32.2. The zero-order valence-corrected chi connectivity index (χ0v) is 18.5. The summed E-state index contributed by atoms with van der Waals surface area (Å²) in [6.45, 7) is 1.49. The largest absolute Gasteiger partial charge is 0.501 e. The van der Waals surface area contributed by atoms with Gasteiger partial charge in [0.2, 0.25) is 5.91 Å². The van der Waals surface area contributed by atoms with Gasteiger partial charge in [0.15, 0.2) is 0 Å². The van der Waals surface area contributed by atoms with E-state index in [0.717, 1.165) is 37.8 Å². The van der Waals surface area contributed by atoms with Crippen molar-refractivity contribution in [1.82, 2.24) is 4.98 Å². The Morgan fingerprint density at radius 1 is 1.12 bits per heavy atom. The molecule has 7 nitrogen and oxygen atoms in total. The van der Waals surface area contributed by atoms with Crippen LogP contribution in [0.5, 0.6) is 0 Å². The maximum Gasteiger partial charge on any atom is 0.501 e. The number of halogens is 3. The second-order valence-electron chi connectivity index (χ2n) is 8.08. The third-order valence-corrected chi connectivity index (χ3v) is 7.33. The van der Waals surface area contributed by atoms with Crippen LogP contribution in [0.25, 0.3) is 0 Å². The molecule has 1 fully saturated rings. The lowest BCUT2D eigenvalue weighted by molar-refractivity contribution is -0.118. The van der Waals surface area contributed by atoms with Gasteiger partial charge in [0.25, 0.3) is 9.84 Å². The maximum absolute atomic E-state index is 13.1. The lowest BCUT2D eigenvalue weighted by atomic mass is 9.87. The highest BCUT2D eigenvalue weighted by Gasteiger charge is 2.46. The monoisotopic (exact) mass is 484 g/mol. The number of aryl methyl sites for hydroxylation is 1. The molecule has 178 valence electrons. The number of nitrogens with zero attached hydrogens (tertiary/aromatic N) is 1. The van der Waals surface area contributed by atoms with E-state index in [-0.39, 0.29) is 23.0 Å². The Balaban J connectivity index is 1.87. The Kier molecular flexibility index (Phi) is 7.11. The summed E-state index contributed by atoms with van der Waals surface area (Å²) in [5, 5.41) is 11.8. The number of rotatable bonds is 7. The molecule has 0 aliphatic heterocycles. The molecule has 0 bridgehead atoms. The predicted octanol–water partition coefficient (Wildman–Crippen LogP) is 4.68. The second-order valence-corrected chi connectivity index (χ2v) is 10.0. The smallest absolute Gasteiger partial charge is 0.478 e. The Morgan fingerprint density at radius 3 is 2.24 bits per heavy atom. The van der Waals surface area contributed by atoms with Gasteiger partial charge in [-0.15, -0.1) is 0 Å². The number of alkyl halides is 3. The van der Waals surface area contributed by atoms with Crippen LogP contribution in [0.4, 0.5) is 19.0 Å². The van der Waals surface area contributed by atoms with E-state index in [9.17, 15) is 31.2 Å². The molecular weight excluding hydrogens is 461 g/mol. The molecule has 11 heteroatoms. The van der Waals surface area contributed by atoms with Gasteiger partial charge in [0, 0.05) is 0 Å². The summed E-state index contributed by atoms with van der Waals surface area (Å²) < 4.78 is 61.8. The highest BCUT2D eigenvalue weighted by molar-refractivity contribution is 7.92. The minimum absolute atomic E-state index is 0.00281. The third kappa shape index (κ3) is 5.52. The maximum atomic E-state index is 13.1. The van der Waals surface area contributed by atoms with E-state index in [0.29, 0.717) is 12.0 Å². The Bertz CT molecular complexity index is 1140. The fourth-order valence-electron chi connectivity index (χ4n) is 4.06. The van der Waals surface area contributed by atoms with Crippen molar-refractivity contribution in [3.8, 4) is 0 Å². The van der Waals surface area contributed by atoms with E-state index >= 15 is 0 Å². The van der Waals surface area contributed by atoms with Gasteiger partial charge in [0.1, 0.15) is 5.82 Å². The molecule has 1 amide bonds. The number of carboxylic acid groups (broad SMARTS) is 1. The molecule has 0 spiro atoms.